The predicted octanol–water partition coefficient (Wildman–Crippen LogP) is 1.52. The normalized spacial score (nSPS) is 24.4. The minimum Gasteiger partial charge on any atom is -0.392 e. The lowest BCUT2D eigenvalue weighted by atomic mass is 9.73. The van der Waals surface area contributed by atoms with Crippen LogP contribution in [0.3, 0.4) is 0 Å². The van der Waals surface area contributed by atoms with Crippen molar-refractivity contribution in [3.8, 4) is 0 Å². The minimum absolute atomic E-state index is 0.0431. The van der Waals surface area contributed by atoms with Crippen LogP contribution in [0, 0.1) is 5.41 Å². The predicted molar refractivity (Wildman–Crippen MR) is 74.3 cm³/mol. The first-order valence-corrected chi connectivity index (χ1v) is 7.24. The van der Waals surface area contributed by atoms with Gasteiger partial charge in [-0.3, -0.25) is 4.79 Å². The smallest absolute Gasteiger partial charge is 0.233 e. The lowest BCUT2D eigenvalue weighted by Crippen LogP contribution is -2.53. The van der Waals surface area contributed by atoms with E-state index >= 15 is 0 Å². The van der Waals surface area contributed by atoms with Crippen LogP contribution in [0.4, 0.5) is 0 Å². The minimum atomic E-state index is -0.591. The first kappa shape index (κ1) is 13.7. The summed E-state index contributed by atoms with van der Waals surface area (Å²) in [7, 11) is 0. The molecule has 1 amide bonds. The van der Waals surface area contributed by atoms with Gasteiger partial charge >= 0.3 is 0 Å². The van der Waals surface area contributed by atoms with Gasteiger partial charge in [0.05, 0.1) is 10.4 Å². The van der Waals surface area contributed by atoms with Gasteiger partial charge in [-0.25, -0.2) is 0 Å². The molecule has 0 spiro atoms. The molecule has 0 aromatic rings. The Kier molecular flexibility index (Phi) is 4.56. The van der Waals surface area contributed by atoms with E-state index < -0.39 is 5.41 Å². The van der Waals surface area contributed by atoms with E-state index in [1.54, 1.807) is 0 Å². The number of carbonyl (C=O) groups excluding carboxylic acids is 1. The van der Waals surface area contributed by atoms with Crippen LogP contribution in [0.1, 0.15) is 44.9 Å². The van der Waals surface area contributed by atoms with Crippen molar-refractivity contribution in [2.45, 2.75) is 51.0 Å². The van der Waals surface area contributed by atoms with Crippen molar-refractivity contribution in [1.82, 2.24) is 5.32 Å². The van der Waals surface area contributed by atoms with Crippen LogP contribution in [-0.4, -0.2) is 30.2 Å². The zero-order valence-corrected chi connectivity index (χ0v) is 11.6. The molecule has 2 aliphatic rings. The maximum atomic E-state index is 12.5. The van der Waals surface area contributed by atoms with Gasteiger partial charge in [-0.2, -0.15) is 0 Å². The average Bonchev–Trinajstić information content (AvgIpc) is 2.40. The van der Waals surface area contributed by atoms with Crippen LogP contribution in [0.2, 0.25) is 0 Å². The van der Waals surface area contributed by atoms with Gasteiger partial charge in [0, 0.05) is 19.3 Å². The van der Waals surface area contributed by atoms with Gasteiger partial charge in [0.15, 0.2) is 0 Å². The molecule has 0 atom stereocenters. The summed E-state index contributed by atoms with van der Waals surface area (Å²) in [4.78, 5) is 12.9. The number of thiocarbonyl (C=S) groups is 1. The van der Waals surface area contributed by atoms with E-state index in [1.807, 2.05) is 0 Å². The largest absolute Gasteiger partial charge is 0.392 e. The summed E-state index contributed by atoms with van der Waals surface area (Å²) in [6, 6.07) is 0.222. The average molecular weight is 270 g/mol. The fourth-order valence-electron chi connectivity index (χ4n) is 2.91. The molecule has 2 rings (SSSR count). The SMILES string of the molecule is NC(=S)C1(C(=O)NC2CCOCC2)CCCCC1. The van der Waals surface area contributed by atoms with Crippen LogP contribution in [0.15, 0.2) is 0 Å². The highest BCUT2D eigenvalue weighted by molar-refractivity contribution is 7.80. The van der Waals surface area contributed by atoms with Gasteiger partial charge in [-0.1, -0.05) is 31.5 Å². The van der Waals surface area contributed by atoms with Crippen LogP contribution in [0.5, 0.6) is 0 Å². The van der Waals surface area contributed by atoms with Gasteiger partial charge in [0.1, 0.15) is 0 Å². The molecule has 1 aliphatic heterocycles. The third-order valence-electron chi connectivity index (χ3n) is 4.17. The van der Waals surface area contributed by atoms with Crippen molar-refractivity contribution in [1.29, 1.82) is 0 Å². The lowest BCUT2D eigenvalue weighted by molar-refractivity contribution is -0.130. The molecular formula is C13H22N2O2S. The summed E-state index contributed by atoms with van der Waals surface area (Å²) in [5.74, 6) is 0.0431. The molecule has 5 heteroatoms. The van der Waals surface area contributed by atoms with Gasteiger partial charge in [0.25, 0.3) is 0 Å². The highest BCUT2D eigenvalue weighted by Crippen LogP contribution is 2.37. The number of amides is 1. The third kappa shape index (κ3) is 2.83. The lowest BCUT2D eigenvalue weighted by Gasteiger charge is -2.36. The Bertz CT molecular complexity index is 321. The molecule has 0 radical (unpaired) electrons. The molecule has 1 aliphatic carbocycles. The standard InChI is InChI=1S/C13H22N2O2S/c14-11(18)13(6-2-1-3-7-13)12(16)15-10-4-8-17-9-5-10/h10H,1-9H2,(H2,14,18)(H,15,16). The zero-order valence-electron chi connectivity index (χ0n) is 10.7. The van der Waals surface area contributed by atoms with Crippen molar-refractivity contribution in [2.24, 2.45) is 11.1 Å². The summed E-state index contributed by atoms with van der Waals surface area (Å²) in [5, 5.41) is 3.12. The monoisotopic (exact) mass is 270 g/mol. The topological polar surface area (TPSA) is 64.4 Å². The first-order valence-electron chi connectivity index (χ1n) is 6.84. The number of nitrogens with one attached hydrogen (secondary N) is 1. The van der Waals surface area contributed by atoms with Gasteiger partial charge in [0.2, 0.25) is 5.91 Å². The van der Waals surface area contributed by atoms with E-state index in [1.165, 1.54) is 6.42 Å². The number of hydrogen-bond donors (Lipinski definition) is 2. The number of hydrogen-bond acceptors (Lipinski definition) is 3. The Labute approximate surface area is 114 Å². The van der Waals surface area contributed by atoms with Crippen molar-refractivity contribution < 1.29 is 9.53 Å². The summed E-state index contributed by atoms with van der Waals surface area (Å²) >= 11 is 5.16. The molecule has 1 heterocycles. The Morgan fingerprint density at radius 3 is 2.39 bits per heavy atom. The van der Waals surface area contributed by atoms with E-state index in [-0.39, 0.29) is 11.9 Å². The van der Waals surface area contributed by atoms with Crippen LogP contribution in [0.25, 0.3) is 0 Å². The van der Waals surface area contributed by atoms with Crippen molar-refractivity contribution in [3.05, 3.63) is 0 Å². The van der Waals surface area contributed by atoms with Gasteiger partial charge < -0.3 is 15.8 Å². The molecule has 1 saturated carbocycles. The van der Waals surface area contributed by atoms with Gasteiger partial charge in [-0.15, -0.1) is 0 Å². The van der Waals surface area contributed by atoms with Crippen LogP contribution in [-0.2, 0) is 9.53 Å². The summed E-state index contributed by atoms with van der Waals surface area (Å²) in [6.07, 6.45) is 6.64. The van der Waals surface area contributed by atoms with Crippen molar-refractivity contribution >= 4 is 23.1 Å². The Hall–Kier alpha value is -0.680. The summed E-state index contributed by atoms with van der Waals surface area (Å²) < 4.78 is 5.30. The van der Waals surface area contributed by atoms with E-state index in [2.05, 4.69) is 5.32 Å². The Morgan fingerprint density at radius 1 is 1.22 bits per heavy atom. The molecule has 0 aromatic carbocycles. The second-order valence-corrected chi connectivity index (χ2v) is 5.81. The second-order valence-electron chi connectivity index (χ2n) is 5.37. The number of nitrogens with two attached hydrogens (primary N) is 1. The molecule has 3 N–H and O–H groups in total. The summed E-state index contributed by atoms with van der Waals surface area (Å²) in [5.41, 5.74) is 5.26. The Morgan fingerprint density at radius 2 is 1.83 bits per heavy atom. The highest BCUT2D eigenvalue weighted by Gasteiger charge is 2.42. The summed E-state index contributed by atoms with van der Waals surface area (Å²) in [6.45, 7) is 1.45. The quantitative estimate of drug-likeness (QED) is 0.763. The molecule has 4 nitrogen and oxygen atoms in total. The number of rotatable bonds is 3. The number of carbonyl (C=O) groups is 1. The van der Waals surface area contributed by atoms with E-state index in [4.69, 9.17) is 22.7 Å². The molecule has 0 aromatic heterocycles. The third-order valence-corrected chi connectivity index (χ3v) is 4.56. The fraction of sp³-hybridized carbons (Fsp3) is 0.846. The van der Waals surface area contributed by atoms with E-state index in [0.29, 0.717) is 4.99 Å². The van der Waals surface area contributed by atoms with Crippen LogP contribution >= 0.6 is 12.2 Å². The second kappa shape index (κ2) is 5.97. The number of ether oxygens (including phenoxy) is 1. The molecule has 0 bridgehead atoms. The van der Waals surface area contributed by atoms with E-state index in [9.17, 15) is 4.79 Å². The maximum Gasteiger partial charge on any atom is 0.233 e. The molecular weight excluding hydrogens is 248 g/mol. The molecule has 1 saturated heterocycles. The first-order chi connectivity index (χ1) is 8.65. The Balaban J connectivity index is 2.01. The van der Waals surface area contributed by atoms with E-state index in [0.717, 1.165) is 51.7 Å². The fourth-order valence-corrected chi connectivity index (χ4v) is 3.20. The highest BCUT2D eigenvalue weighted by atomic mass is 32.1. The van der Waals surface area contributed by atoms with Gasteiger partial charge in [-0.05, 0) is 25.7 Å². The molecule has 102 valence electrons. The van der Waals surface area contributed by atoms with Crippen molar-refractivity contribution in [3.63, 3.8) is 0 Å². The maximum absolute atomic E-state index is 12.5. The molecule has 18 heavy (non-hydrogen) atoms. The van der Waals surface area contributed by atoms with Crippen LogP contribution < -0.4 is 11.1 Å². The molecule has 2 fully saturated rings. The molecule has 0 unspecified atom stereocenters. The zero-order chi connectivity index (χ0) is 13.0. The van der Waals surface area contributed by atoms with Crippen molar-refractivity contribution in [2.75, 3.05) is 13.2 Å².